The van der Waals surface area contributed by atoms with Gasteiger partial charge in [0.15, 0.2) is 0 Å². The molecule has 4 heteroatoms. The van der Waals surface area contributed by atoms with E-state index in [4.69, 9.17) is 0 Å². The molecule has 0 unspecified atom stereocenters. The fourth-order valence-electron chi connectivity index (χ4n) is 2.34. The molecule has 1 aliphatic carbocycles. The van der Waals surface area contributed by atoms with Crippen molar-refractivity contribution in [3.63, 3.8) is 0 Å². The first-order chi connectivity index (χ1) is 9.61. The smallest absolute Gasteiger partial charge is 0.274 e. The van der Waals surface area contributed by atoms with Gasteiger partial charge >= 0.3 is 0 Å². The molecule has 102 valence electrons. The summed E-state index contributed by atoms with van der Waals surface area (Å²) in [6, 6.07) is 7.78. The lowest BCUT2D eigenvalue weighted by molar-refractivity contribution is 0.102. The van der Waals surface area contributed by atoms with E-state index in [2.05, 4.69) is 21.4 Å². The second-order valence-electron chi connectivity index (χ2n) is 5.43. The summed E-state index contributed by atoms with van der Waals surface area (Å²) in [5, 5.41) is 2.90. The number of nitrogens with zero attached hydrogens (tertiary/aromatic N) is 2. The van der Waals surface area contributed by atoms with Crippen molar-refractivity contribution in [2.45, 2.75) is 32.6 Å². The molecule has 2 aromatic rings. The van der Waals surface area contributed by atoms with E-state index in [-0.39, 0.29) is 5.91 Å². The van der Waals surface area contributed by atoms with Gasteiger partial charge in [0.1, 0.15) is 12.0 Å². The van der Waals surface area contributed by atoms with Crippen LogP contribution in [0, 0.1) is 13.8 Å². The molecule has 0 saturated heterocycles. The number of aromatic nitrogens is 2. The Labute approximate surface area is 118 Å². The van der Waals surface area contributed by atoms with Gasteiger partial charge < -0.3 is 5.32 Å². The maximum Gasteiger partial charge on any atom is 0.274 e. The third kappa shape index (κ3) is 2.85. The first-order valence-electron chi connectivity index (χ1n) is 6.83. The summed E-state index contributed by atoms with van der Waals surface area (Å²) < 4.78 is 0. The minimum Gasteiger partial charge on any atom is -0.321 e. The Morgan fingerprint density at radius 1 is 1.10 bits per heavy atom. The third-order valence-corrected chi connectivity index (χ3v) is 3.40. The van der Waals surface area contributed by atoms with E-state index in [0.29, 0.717) is 11.6 Å². The zero-order chi connectivity index (χ0) is 14.1. The zero-order valence-electron chi connectivity index (χ0n) is 11.7. The van der Waals surface area contributed by atoms with Crippen LogP contribution >= 0.6 is 0 Å². The number of amides is 1. The van der Waals surface area contributed by atoms with Crippen molar-refractivity contribution in [1.29, 1.82) is 0 Å². The quantitative estimate of drug-likeness (QED) is 0.929. The summed E-state index contributed by atoms with van der Waals surface area (Å²) in [5.74, 6) is 0.338. The predicted molar refractivity (Wildman–Crippen MR) is 77.9 cm³/mol. The number of nitrogens with one attached hydrogen (secondary N) is 1. The van der Waals surface area contributed by atoms with Gasteiger partial charge in [-0.2, -0.15) is 0 Å². The molecule has 0 atom stereocenters. The average Bonchev–Trinajstić information content (AvgIpc) is 3.22. The van der Waals surface area contributed by atoms with Gasteiger partial charge in [-0.1, -0.05) is 6.07 Å². The van der Waals surface area contributed by atoms with Gasteiger partial charge in [-0.3, -0.25) is 4.79 Å². The molecule has 1 amide bonds. The van der Waals surface area contributed by atoms with Gasteiger partial charge in [-0.25, -0.2) is 9.97 Å². The van der Waals surface area contributed by atoms with Crippen LogP contribution in [0.25, 0.3) is 0 Å². The molecule has 20 heavy (non-hydrogen) atoms. The number of carbonyl (C=O) groups is 1. The zero-order valence-corrected chi connectivity index (χ0v) is 11.7. The highest BCUT2D eigenvalue weighted by Crippen LogP contribution is 2.38. The maximum absolute atomic E-state index is 12.2. The molecular weight excluding hydrogens is 250 g/mol. The first kappa shape index (κ1) is 12.8. The number of benzene rings is 1. The highest BCUT2D eigenvalue weighted by atomic mass is 16.1. The van der Waals surface area contributed by atoms with Crippen LogP contribution in [0.15, 0.2) is 30.6 Å². The van der Waals surface area contributed by atoms with Gasteiger partial charge in [0, 0.05) is 17.3 Å². The number of aryl methyl sites for hydroxylation is 2. The van der Waals surface area contributed by atoms with Crippen LogP contribution in [0.4, 0.5) is 5.69 Å². The monoisotopic (exact) mass is 267 g/mol. The number of hydrogen-bond donors (Lipinski definition) is 1. The largest absolute Gasteiger partial charge is 0.321 e. The Bertz CT molecular complexity index is 642. The molecule has 1 aromatic heterocycles. The normalized spacial score (nSPS) is 14.1. The van der Waals surface area contributed by atoms with Crippen LogP contribution in [0.2, 0.25) is 0 Å². The van der Waals surface area contributed by atoms with Crippen molar-refractivity contribution in [2.24, 2.45) is 0 Å². The van der Waals surface area contributed by atoms with Crippen LogP contribution < -0.4 is 5.32 Å². The highest BCUT2D eigenvalue weighted by Gasteiger charge is 2.25. The number of hydrogen-bond acceptors (Lipinski definition) is 3. The Hall–Kier alpha value is -2.23. The van der Waals surface area contributed by atoms with Crippen molar-refractivity contribution in [2.75, 3.05) is 5.32 Å². The van der Waals surface area contributed by atoms with E-state index in [1.54, 1.807) is 6.07 Å². The second-order valence-corrected chi connectivity index (χ2v) is 5.43. The molecule has 0 radical (unpaired) electrons. The number of carbonyl (C=O) groups excluding carboxylic acids is 1. The van der Waals surface area contributed by atoms with Gasteiger partial charge in [-0.15, -0.1) is 0 Å². The maximum atomic E-state index is 12.2. The second kappa shape index (κ2) is 5.04. The van der Waals surface area contributed by atoms with Crippen molar-refractivity contribution in [1.82, 2.24) is 9.97 Å². The van der Waals surface area contributed by atoms with Crippen LogP contribution in [-0.4, -0.2) is 15.9 Å². The summed E-state index contributed by atoms with van der Waals surface area (Å²) in [6.45, 7) is 4.02. The van der Waals surface area contributed by atoms with Crippen LogP contribution in [0.5, 0.6) is 0 Å². The van der Waals surface area contributed by atoms with E-state index < -0.39 is 0 Å². The topological polar surface area (TPSA) is 54.9 Å². The SMILES string of the molecule is Cc1cc(C)cc(NC(=O)c2cc(C3CC3)ncn2)c1. The van der Waals surface area contributed by atoms with E-state index in [0.717, 1.165) is 35.3 Å². The molecule has 0 spiro atoms. The van der Waals surface area contributed by atoms with Crippen LogP contribution in [-0.2, 0) is 0 Å². The van der Waals surface area contributed by atoms with Gasteiger partial charge in [0.05, 0.1) is 0 Å². The molecule has 1 saturated carbocycles. The van der Waals surface area contributed by atoms with Gasteiger partial charge in [-0.05, 0) is 56.0 Å². The van der Waals surface area contributed by atoms with Crippen molar-refractivity contribution in [3.8, 4) is 0 Å². The van der Waals surface area contributed by atoms with E-state index in [9.17, 15) is 4.79 Å². The summed E-state index contributed by atoms with van der Waals surface area (Å²) in [4.78, 5) is 20.5. The van der Waals surface area contributed by atoms with Crippen molar-refractivity contribution >= 4 is 11.6 Å². The summed E-state index contributed by atoms with van der Waals surface area (Å²) in [6.07, 6.45) is 3.80. The van der Waals surface area contributed by atoms with Crippen molar-refractivity contribution in [3.05, 3.63) is 53.1 Å². The lowest BCUT2D eigenvalue weighted by atomic mass is 10.1. The molecule has 4 nitrogen and oxygen atoms in total. The lowest BCUT2D eigenvalue weighted by Crippen LogP contribution is -2.14. The molecule has 0 aliphatic heterocycles. The molecule has 1 aromatic carbocycles. The predicted octanol–water partition coefficient (Wildman–Crippen LogP) is 3.22. The minimum absolute atomic E-state index is 0.181. The minimum atomic E-state index is -0.181. The molecule has 1 fully saturated rings. The Morgan fingerprint density at radius 2 is 1.80 bits per heavy atom. The van der Waals surface area contributed by atoms with Gasteiger partial charge in [0.2, 0.25) is 0 Å². The molecule has 1 aliphatic rings. The van der Waals surface area contributed by atoms with Crippen LogP contribution in [0.3, 0.4) is 0 Å². The highest BCUT2D eigenvalue weighted by molar-refractivity contribution is 6.02. The van der Waals surface area contributed by atoms with E-state index in [1.807, 2.05) is 26.0 Å². The molecule has 1 N–H and O–H groups in total. The fourth-order valence-corrected chi connectivity index (χ4v) is 2.34. The standard InChI is InChI=1S/C16H17N3O/c1-10-5-11(2)7-13(6-10)19-16(20)15-8-14(12-3-4-12)17-9-18-15/h5-9,12H,3-4H2,1-2H3,(H,19,20). The Morgan fingerprint density at radius 3 is 2.45 bits per heavy atom. The van der Waals surface area contributed by atoms with E-state index in [1.165, 1.54) is 6.33 Å². The van der Waals surface area contributed by atoms with Crippen molar-refractivity contribution < 1.29 is 4.79 Å². The Kier molecular flexibility index (Phi) is 3.22. The fraction of sp³-hybridized carbons (Fsp3) is 0.312. The van der Waals surface area contributed by atoms with Gasteiger partial charge in [0.25, 0.3) is 5.91 Å². The number of rotatable bonds is 3. The summed E-state index contributed by atoms with van der Waals surface area (Å²) in [5.41, 5.74) is 4.47. The molecule has 3 rings (SSSR count). The lowest BCUT2D eigenvalue weighted by Gasteiger charge is -2.07. The summed E-state index contributed by atoms with van der Waals surface area (Å²) >= 11 is 0. The van der Waals surface area contributed by atoms with Crippen LogP contribution in [0.1, 0.15) is 46.1 Å². The average molecular weight is 267 g/mol. The molecule has 0 bridgehead atoms. The third-order valence-electron chi connectivity index (χ3n) is 3.40. The molecular formula is C16H17N3O. The van der Waals surface area contributed by atoms with E-state index >= 15 is 0 Å². The molecule has 1 heterocycles. The summed E-state index contributed by atoms with van der Waals surface area (Å²) in [7, 11) is 0. The Balaban J connectivity index is 1.80. The first-order valence-corrected chi connectivity index (χ1v) is 6.83. The number of anilines is 1.